The zero-order valence-corrected chi connectivity index (χ0v) is 15.3. The quantitative estimate of drug-likeness (QED) is 0.926. The number of para-hydroxylation sites is 1. The lowest BCUT2D eigenvalue weighted by Gasteiger charge is -2.26. The number of benzene rings is 2. The lowest BCUT2D eigenvalue weighted by molar-refractivity contribution is -0.124. The van der Waals surface area contributed by atoms with Gasteiger partial charge >= 0.3 is 0 Å². The summed E-state index contributed by atoms with van der Waals surface area (Å²) in [7, 11) is 0. The van der Waals surface area contributed by atoms with Gasteiger partial charge in [-0.1, -0.05) is 48.5 Å². The van der Waals surface area contributed by atoms with Crippen molar-refractivity contribution in [3.8, 4) is 0 Å². The highest BCUT2D eigenvalue weighted by Crippen LogP contribution is 2.26. The minimum atomic E-state index is -0.350. The third-order valence-corrected chi connectivity index (χ3v) is 3.99. The zero-order valence-electron chi connectivity index (χ0n) is 15.3. The molecule has 5 nitrogen and oxygen atoms in total. The van der Waals surface area contributed by atoms with E-state index >= 15 is 0 Å². The third-order valence-electron chi connectivity index (χ3n) is 3.99. The third kappa shape index (κ3) is 3.99. The second-order valence-electron chi connectivity index (χ2n) is 7.33. The van der Waals surface area contributed by atoms with Gasteiger partial charge in [-0.15, -0.1) is 0 Å². The summed E-state index contributed by atoms with van der Waals surface area (Å²) in [5.74, 6) is -0.378. The molecule has 0 bridgehead atoms. The molecule has 0 saturated carbocycles. The number of nitrogens with zero attached hydrogens (tertiary/aromatic N) is 2. The number of benzodiazepines with no additional fused rings is 1. The maximum absolute atomic E-state index is 12.7. The minimum absolute atomic E-state index is 0.0156. The van der Waals surface area contributed by atoms with Gasteiger partial charge in [0.15, 0.2) is 0 Å². The van der Waals surface area contributed by atoms with Gasteiger partial charge in [0.05, 0.1) is 11.4 Å². The number of carbonyl (C=O) groups excluding carboxylic acids is 2. The van der Waals surface area contributed by atoms with Crippen LogP contribution in [-0.2, 0) is 9.59 Å². The van der Waals surface area contributed by atoms with Crippen molar-refractivity contribution in [1.82, 2.24) is 5.32 Å². The highest BCUT2D eigenvalue weighted by atomic mass is 16.2. The molecule has 2 aromatic rings. The first kappa shape index (κ1) is 17.9. The SMILES string of the molecule is CC(C)(C)NC(=O)CN1C(=O)CN=C(c2ccccc2)c2ccccc21. The van der Waals surface area contributed by atoms with Gasteiger partial charge in [-0.25, -0.2) is 0 Å². The average molecular weight is 349 g/mol. The van der Waals surface area contributed by atoms with Crippen molar-refractivity contribution in [2.75, 3.05) is 18.0 Å². The summed E-state index contributed by atoms with van der Waals surface area (Å²) in [6.07, 6.45) is 0. The molecule has 0 unspecified atom stereocenters. The van der Waals surface area contributed by atoms with E-state index in [9.17, 15) is 9.59 Å². The molecule has 1 aliphatic heterocycles. The van der Waals surface area contributed by atoms with Gasteiger partial charge in [0, 0.05) is 16.7 Å². The zero-order chi connectivity index (χ0) is 18.7. The molecule has 1 aliphatic rings. The Bertz CT molecular complexity index is 851. The molecule has 0 aliphatic carbocycles. The summed E-state index contributed by atoms with van der Waals surface area (Å²) in [4.78, 5) is 31.2. The van der Waals surface area contributed by atoms with Gasteiger partial charge in [0.2, 0.25) is 11.8 Å². The van der Waals surface area contributed by atoms with E-state index < -0.39 is 0 Å². The Morgan fingerprint density at radius 1 is 1.08 bits per heavy atom. The van der Waals surface area contributed by atoms with Crippen molar-refractivity contribution in [2.45, 2.75) is 26.3 Å². The Morgan fingerprint density at radius 3 is 2.42 bits per heavy atom. The van der Waals surface area contributed by atoms with E-state index in [1.165, 1.54) is 4.90 Å². The Kier molecular flexibility index (Phi) is 4.89. The lowest BCUT2D eigenvalue weighted by Crippen LogP contribution is -2.48. The number of rotatable bonds is 3. The number of nitrogens with one attached hydrogen (secondary N) is 1. The smallest absolute Gasteiger partial charge is 0.249 e. The van der Waals surface area contributed by atoms with Gasteiger partial charge in [-0.05, 0) is 26.8 Å². The number of amides is 2. The molecule has 134 valence electrons. The molecule has 0 spiro atoms. The number of hydrogen-bond donors (Lipinski definition) is 1. The van der Waals surface area contributed by atoms with Crippen LogP contribution in [0.3, 0.4) is 0 Å². The summed E-state index contributed by atoms with van der Waals surface area (Å²) < 4.78 is 0. The standard InChI is InChI=1S/C21H23N3O2/c1-21(2,3)23-18(25)14-24-17-12-8-7-11-16(17)20(22-13-19(24)26)15-9-5-4-6-10-15/h4-12H,13-14H2,1-3H3,(H,23,25). The van der Waals surface area contributed by atoms with Crippen LogP contribution in [0.5, 0.6) is 0 Å². The lowest BCUT2D eigenvalue weighted by atomic mass is 10.0. The molecular formula is C21H23N3O2. The Morgan fingerprint density at radius 2 is 1.73 bits per heavy atom. The van der Waals surface area contributed by atoms with Crippen LogP contribution in [0.2, 0.25) is 0 Å². The molecule has 3 rings (SSSR count). The van der Waals surface area contributed by atoms with Crippen LogP contribution < -0.4 is 10.2 Å². The second kappa shape index (κ2) is 7.12. The van der Waals surface area contributed by atoms with Crippen molar-refractivity contribution >= 4 is 23.2 Å². The van der Waals surface area contributed by atoms with Crippen molar-refractivity contribution in [3.05, 3.63) is 65.7 Å². The van der Waals surface area contributed by atoms with E-state index in [2.05, 4.69) is 10.3 Å². The van der Waals surface area contributed by atoms with Gasteiger partial charge < -0.3 is 10.2 Å². The van der Waals surface area contributed by atoms with Crippen LogP contribution in [0.25, 0.3) is 0 Å². The van der Waals surface area contributed by atoms with E-state index in [1.807, 2.05) is 75.4 Å². The summed E-state index contributed by atoms with van der Waals surface area (Å²) in [6, 6.07) is 17.4. The van der Waals surface area contributed by atoms with E-state index in [-0.39, 0.29) is 30.4 Å². The molecule has 1 heterocycles. The van der Waals surface area contributed by atoms with Crippen LogP contribution in [0, 0.1) is 0 Å². The molecule has 2 amide bonds. The summed E-state index contributed by atoms with van der Waals surface area (Å²) in [6.45, 7) is 5.74. The minimum Gasteiger partial charge on any atom is -0.350 e. The number of carbonyl (C=O) groups is 2. The van der Waals surface area contributed by atoms with Crippen molar-refractivity contribution in [1.29, 1.82) is 0 Å². The molecule has 0 saturated heterocycles. The Labute approximate surface area is 153 Å². The Balaban J connectivity index is 1.98. The largest absolute Gasteiger partial charge is 0.350 e. The molecule has 1 N–H and O–H groups in total. The summed E-state index contributed by atoms with van der Waals surface area (Å²) in [5.41, 5.74) is 2.94. The average Bonchev–Trinajstić information content (AvgIpc) is 2.72. The fourth-order valence-electron chi connectivity index (χ4n) is 2.98. The Hall–Kier alpha value is -2.95. The topological polar surface area (TPSA) is 61.8 Å². The monoisotopic (exact) mass is 349 g/mol. The second-order valence-corrected chi connectivity index (χ2v) is 7.33. The van der Waals surface area contributed by atoms with Crippen molar-refractivity contribution in [3.63, 3.8) is 0 Å². The fraction of sp³-hybridized carbons (Fsp3) is 0.286. The van der Waals surface area contributed by atoms with Gasteiger partial charge in [-0.2, -0.15) is 0 Å². The number of anilines is 1. The maximum atomic E-state index is 12.7. The molecule has 26 heavy (non-hydrogen) atoms. The van der Waals surface area contributed by atoms with Crippen LogP contribution in [0.4, 0.5) is 5.69 Å². The van der Waals surface area contributed by atoms with Crippen LogP contribution in [0.1, 0.15) is 31.9 Å². The molecule has 5 heteroatoms. The molecule has 2 aromatic carbocycles. The predicted molar refractivity (Wildman–Crippen MR) is 104 cm³/mol. The number of hydrogen-bond acceptors (Lipinski definition) is 3. The van der Waals surface area contributed by atoms with Crippen LogP contribution in [-0.4, -0.2) is 36.2 Å². The van der Waals surface area contributed by atoms with Crippen LogP contribution in [0.15, 0.2) is 59.6 Å². The maximum Gasteiger partial charge on any atom is 0.249 e. The van der Waals surface area contributed by atoms with E-state index in [1.54, 1.807) is 0 Å². The van der Waals surface area contributed by atoms with Gasteiger partial charge in [-0.3, -0.25) is 14.6 Å². The van der Waals surface area contributed by atoms with Crippen molar-refractivity contribution in [2.24, 2.45) is 4.99 Å². The number of aliphatic imine (C=N–C) groups is 1. The van der Waals surface area contributed by atoms with E-state index in [0.29, 0.717) is 5.69 Å². The molecule has 0 fully saturated rings. The predicted octanol–water partition coefficient (Wildman–Crippen LogP) is 2.79. The molecule has 0 aromatic heterocycles. The van der Waals surface area contributed by atoms with Gasteiger partial charge in [0.25, 0.3) is 0 Å². The van der Waals surface area contributed by atoms with E-state index in [4.69, 9.17) is 0 Å². The fourth-order valence-corrected chi connectivity index (χ4v) is 2.98. The summed E-state index contributed by atoms with van der Waals surface area (Å²) >= 11 is 0. The van der Waals surface area contributed by atoms with Gasteiger partial charge in [0.1, 0.15) is 13.1 Å². The molecular weight excluding hydrogens is 326 g/mol. The van der Waals surface area contributed by atoms with E-state index in [0.717, 1.165) is 16.8 Å². The first-order chi connectivity index (χ1) is 12.3. The summed E-state index contributed by atoms with van der Waals surface area (Å²) in [5, 5.41) is 2.91. The molecule has 0 radical (unpaired) electrons. The highest BCUT2D eigenvalue weighted by Gasteiger charge is 2.27. The highest BCUT2D eigenvalue weighted by molar-refractivity contribution is 6.20. The van der Waals surface area contributed by atoms with Crippen molar-refractivity contribution < 1.29 is 9.59 Å². The first-order valence-electron chi connectivity index (χ1n) is 8.66. The van der Waals surface area contributed by atoms with Crippen LogP contribution >= 0.6 is 0 Å². The normalized spacial score (nSPS) is 14.3. The first-order valence-corrected chi connectivity index (χ1v) is 8.66. The number of fused-ring (bicyclic) bond motifs is 1. The molecule has 0 atom stereocenters.